The van der Waals surface area contributed by atoms with Crippen LogP contribution >= 0.6 is 15.9 Å². The van der Waals surface area contributed by atoms with Crippen LogP contribution < -0.4 is 10.6 Å². The minimum Gasteiger partial charge on any atom is -0.370 e. The molecule has 0 bridgehead atoms. The summed E-state index contributed by atoms with van der Waals surface area (Å²) >= 11 is 3.37. The van der Waals surface area contributed by atoms with Gasteiger partial charge in [-0.05, 0) is 41.0 Å². The Bertz CT molecular complexity index is 372. The van der Waals surface area contributed by atoms with Crippen LogP contribution in [-0.4, -0.2) is 32.2 Å². The molecule has 0 radical (unpaired) electrons. The molecule has 100 valence electrons. The van der Waals surface area contributed by atoms with E-state index >= 15 is 0 Å². The van der Waals surface area contributed by atoms with Crippen LogP contribution in [0.25, 0.3) is 0 Å². The highest BCUT2D eigenvalue weighted by atomic mass is 79.9. The highest BCUT2D eigenvalue weighted by molar-refractivity contribution is 9.10. The molecule has 0 heterocycles. The molecule has 1 amide bonds. The van der Waals surface area contributed by atoms with Gasteiger partial charge in [0.2, 0.25) is 5.91 Å². The van der Waals surface area contributed by atoms with Crippen LogP contribution in [0.2, 0.25) is 0 Å². The molecule has 0 atom stereocenters. The minimum atomic E-state index is -0.141. The molecule has 0 aliphatic carbocycles. The molecule has 0 saturated carbocycles. The zero-order valence-electron chi connectivity index (χ0n) is 10.5. The number of rotatable bonds is 8. The van der Waals surface area contributed by atoms with E-state index in [1.165, 1.54) is 0 Å². The van der Waals surface area contributed by atoms with Gasteiger partial charge in [-0.15, -0.1) is 0 Å². The van der Waals surface area contributed by atoms with Crippen LogP contribution in [0.4, 0.5) is 5.69 Å². The summed E-state index contributed by atoms with van der Waals surface area (Å²) in [7, 11) is 0. The molecular weight excluding hydrogens is 296 g/mol. The molecule has 1 aromatic rings. The van der Waals surface area contributed by atoms with E-state index in [9.17, 15) is 4.79 Å². The van der Waals surface area contributed by atoms with Gasteiger partial charge >= 0.3 is 0 Å². The summed E-state index contributed by atoms with van der Waals surface area (Å²) in [6.07, 6.45) is 1.10. The first-order chi connectivity index (χ1) is 8.74. The summed E-state index contributed by atoms with van der Waals surface area (Å²) in [6.45, 7) is 4.49. The molecule has 0 spiro atoms. The number of para-hydroxylation sites is 1. The Morgan fingerprint density at radius 3 is 2.83 bits per heavy atom. The third-order valence-corrected chi connectivity index (χ3v) is 2.92. The molecule has 4 nitrogen and oxygen atoms in total. The highest BCUT2D eigenvalue weighted by Crippen LogP contribution is 2.20. The fourth-order valence-electron chi connectivity index (χ4n) is 1.36. The van der Waals surface area contributed by atoms with Crippen LogP contribution in [0.5, 0.6) is 0 Å². The fourth-order valence-corrected chi connectivity index (χ4v) is 1.74. The molecule has 0 aliphatic rings. The molecule has 2 N–H and O–H groups in total. The number of carbonyl (C=O) groups excluding carboxylic acids is 1. The number of carbonyl (C=O) groups is 1. The second kappa shape index (κ2) is 9.08. The average molecular weight is 315 g/mol. The fraction of sp³-hybridized carbons (Fsp3) is 0.462. The highest BCUT2D eigenvalue weighted by Gasteiger charge is 2.04. The van der Waals surface area contributed by atoms with E-state index in [1.807, 2.05) is 24.3 Å². The van der Waals surface area contributed by atoms with Crippen LogP contribution in [0.15, 0.2) is 28.7 Å². The van der Waals surface area contributed by atoms with Crippen molar-refractivity contribution in [3.05, 3.63) is 28.7 Å². The Balaban J connectivity index is 2.16. The molecule has 1 aromatic carbocycles. The third-order valence-electron chi connectivity index (χ3n) is 2.23. The van der Waals surface area contributed by atoms with Gasteiger partial charge in [0.05, 0.1) is 12.3 Å². The van der Waals surface area contributed by atoms with Crippen molar-refractivity contribution in [3.63, 3.8) is 0 Å². The Morgan fingerprint density at radius 1 is 1.33 bits per heavy atom. The lowest BCUT2D eigenvalue weighted by atomic mass is 10.3. The van der Waals surface area contributed by atoms with Crippen molar-refractivity contribution in [1.82, 2.24) is 5.32 Å². The van der Waals surface area contributed by atoms with Gasteiger partial charge in [0, 0.05) is 11.0 Å². The lowest BCUT2D eigenvalue weighted by Gasteiger charge is -2.08. The predicted octanol–water partition coefficient (Wildman–Crippen LogP) is 2.40. The van der Waals surface area contributed by atoms with E-state index in [2.05, 4.69) is 33.5 Å². The molecule has 0 fully saturated rings. The topological polar surface area (TPSA) is 50.4 Å². The zero-order valence-corrected chi connectivity index (χ0v) is 12.1. The van der Waals surface area contributed by atoms with E-state index in [1.54, 1.807) is 0 Å². The molecule has 0 unspecified atom stereocenters. The monoisotopic (exact) mass is 314 g/mol. The zero-order chi connectivity index (χ0) is 13.2. The van der Waals surface area contributed by atoms with Gasteiger partial charge in [0.15, 0.2) is 0 Å². The van der Waals surface area contributed by atoms with Crippen molar-refractivity contribution < 1.29 is 9.53 Å². The summed E-state index contributed by atoms with van der Waals surface area (Å²) in [4.78, 5) is 11.6. The smallest absolute Gasteiger partial charge is 0.250 e. The van der Waals surface area contributed by atoms with Crippen molar-refractivity contribution in [2.24, 2.45) is 0 Å². The standard InChI is InChI=1S/C13H19BrN2O2/c1-2-7-15-8-9-18-10-13(17)16-12-6-4-3-5-11(12)14/h3-6,15H,2,7-10H2,1H3,(H,16,17). The number of amides is 1. The van der Waals surface area contributed by atoms with Crippen molar-refractivity contribution in [2.45, 2.75) is 13.3 Å². The number of halogens is 1. The molecule has 18 heavy (non-hydrogen) atoms. The first-order valence-corrected chi connectivity index (χ1v) is 6.86. The number of hydrogen-bond donors (Lipinski definition) is 2. The molecule has 0 aromatic heterocycles. The van der Waals surface area contributed by atoms with Crippen molar-refractivity contribution >= 4 is 27.5 Å². The van der Waals surface area contributed by atoms with E-state index < -0.39 is 0 Å². The summed E-state index contributed by atoms with van der Waals surface area (Å²) in [5, 5.41) is 5.98. The summed E-state index contributed by atoms with van der Waals surface area (Å²) in [5.74, 6) is -0.141. The SMILES string of the molecule is CCCNCCOCC(=O)Nc1ccccc1Br. The first-order valence-electron chi connectivity index (χ1n) is 6.07. The molecule has 1 rings (SSSR count). The quantitative estimate of drug-likeness (QED) is 0.724. The maximum absolute atomic E-state index is 11.6. The Kier molecular flexibility index (Phi) is 7.64. The molecular formula is C13H19BrN2O2. The molecule has 5 heteroatoms. The van der Waals surface area contributed by atoms with Crippen LogP contribution in [0.1, 0.15) is 13.3 Å². The lowest BCUT2D eigenvalue weighted by molar-refractivity contribution is -0.120. The number of ether oxygens (including phenoxy) is 1. The summed E-state index contributed by atoms with van der Waals surface area (Å²) < 4.78 is 6.13. The predicted molar refractivity (Wildman–Crippen MR) is 76.8 cm³/mol. The Hall–Kier alpha value is -0.910. The summed E-state index contributed by atoms with van der Waals surface area (Å²) in [5.41, 5.74) is 0.759. The van der Waals surface area contributed by atoms with Gasteiger partial charge in [0.25, 0.3) is 0 Å². The number of nitrogens with one attached hydrogen (secondary N) is 2. The average Bonchev–Trinajstić information content (AvgIpc) is 2.36. The maximum atomic E-state index is 11.6. The van der Waals surface area contributed by atoms with E-state index in [-0.39, 0.29) is 12.5 Å². The largest absolute Gasteiger partial charge is 0.370 e. The van der Waals surface area contributed by atoms with Crippen molar-refractivity contribution in [2.75, 3.05) is 31.6 Å². The van der Waals surface area contributed by atoms with Crippen molar-refractivity contribution in [1.29, 1.82) is 0 Å². The normalized spacial score (nSPS) is 10.3. The summed E-state index contributed by atoms with van der Waals surface area (Å²) in [6, 6.07) is 7.49. The lowest BCUT2D eigenvalue weighted by Crippen LogP contribution is -2.24. The number of benzene rings is 1. The van der Waals surface area contributed by atoms with Gasteiger partial charge in [-0.1, -0.05) is 19.1 Å². The maximum Gasteiger partial charge on any atom is 0.250 e. The second-order valence-electron chi connectivity index (χ2n) is 3.83. The molecule has 0 aliphatic heterocycles. The minimum absolute atomic E-state index is 0.0785. The Labute approximate surface area is 116 Å². The van der Waals surface area contributed by atoms with Gasteiger partial charge in [-0.25, -0.2) is 0 Å². The van der Waals surface area contributed by atoms with E-state index in [0.717, 1.165) is 29.7 Å². The van der Waals surface area contributed by atoms with Gasteiger partial charge in [-0.2, -0.15) is 0 Å². The second-order valence-corrected chi connectivity index (χ2v) is 4.68. The number of anilines is 1. The molecule has 0 saturated heterocycles. The van der Waals surface area contributed by atoms with E-state index in [4.69, 9.17) is 4.74 Å². The van der Waals surface area contributed by atoms with E-state index in [0.29, 0.717) is 6.61 Å². The van der Waals surface area contributed by atoms with Gasteiger partial charge in [-0.3, -0.25) is 4.79 Å². The first kappa shape index (κ1) is 15.1. The Morgan fingerprint density at radius 2 is 2.11 bits per heavy atom. The van der Waals surface area contributed by atoms with Gasteiger partial charge < -0.3 is 15.4 Å². The third kappa shape index (κ3) is 6.14. The van der Waals surface area contributed by atoms with Crippen LogP contribution in [0, 0.1) is 0 Å². The van der Waals surface area contributed by atoms with Crippen molar-refractivity contribution in [3.8, 4) is 0 Å². The van der Waals surface area contributed by atoms with Crippen LogP contribution in [-0.2, 0) is 9.53 Å². The number of hydrogen-bond acceptors (Lipinski definition) is 3. The van der Waals surface area contributed by atoms with Gasteiger partial charge in [0.1, 0.15) is 6.61 Å². The van der Waals surface area contributed by atoms with Crippen LogP contribution in [0.3, 0.4) is 0 Å².